The van der Waals surface area contributed by atoms with E-state index in [-0.39, 0.29) is 5.41 Å². The smallest absolute Gasteiger partial charge is 0.127 e. The van der Waals surface area contributed by atoms with Gasteiger partial charge < -0.3 is 9.47 Å². The van der Waals surface area contributed by atoms with Gasteiger partial charge in [0, 0.05) is 5.41 Å². The fraction of sp³-hybridized carbons (Fsp3) is 0.240. The molecule has 0 aliphatic heterocycles. The second-order valence-corrected chi connectivity index (χ2v) is 7.16. The highest BCUT2D eigenvalue weighted by atomic mass is 16.5. The zero-order valence-corrected chi connectivity index (χ0v) is 16.4. The van der Waals surface area contributed by atoms with Gasteiger partial charge in [-0.2, -0.15) is 5.26 Å². The molecule has 0 N–H and O–H groups in total. The number of hydrogen-bond acceptors (Lipinski definition) is 3. The maximum atomic E-state index is 8.99. The van der Waals surface area contributed by atoms with Crippen LogP contribution >= 0.6 is 0 Å². The van der Waals surface area contributed by atoms with Gasteiger partial charge in [0.05, 0.1) is 24.8 Å². The molecule has 0 radical (unpaired) electrons. The van der Waals surface area contributed by atoms with Gasteiger partial charge in [-0.05, 0) is 53.9 Å². The first-order chi connectivity index (χ1) is 13.6. The maximum absolute atomic E-state index is 8.99. The van der Waals surface area contributed by atoms with E-state index in [0.717, 1.165) is 23.5 Å². The highest BCUT2D eigenvalue weighted by Gasteiger charge is 2.25. The Balaban J connectivity index is 1.61. The topological polar surface area (TPSA) is 42.2 Å². The fourth-order valence-electron chi connectivity index (χ4n) is 3.05. The first kappa shape index (κ1) is 19.7. The van der Waals surface area contributed by atoms with Gasteiger partial charge in [-0.25, -0.2) is 0 Å². The minimum atomic E-state index is -0.0911. The van der Waals surface area contributed by atoms with Crippen molar-refractivity contribution in [1.29, 1.82) is 5.26 Å². The first-order valence-electron chi connectivity index (χ1n) is 9.53. The standard InChI is InChI=1S/C25H25NO2/c1-3-25(2,22-14-12-20(17-26)13-15-22)19-27-18-21-8-7-11-24(16-21)28-23-9-5-4-6-10-23/h4-16H,3,18-19H2,1-2H3. The van der Waals surface area contributed by atoms with E-state index in [2.05, 4.69) is 19.9 Å². The Hall–Kier alpha value is -3.09. The van der Waals surface area contributed by atoms with Gasteiger partial charge >= 0.3 is 0 Å². The van der Waals surface area contributed by atoms with Crippen LogP contribution in [-0.2, 0) is 16.8 Å². The number of ether oxygens (including phenoxy) is 2. The third kappa shape index (κ3) is 5.00. The van der Waals surface area contributed by atoms with Crippen LogP contribution in [-0.4, -0.2) is 6.61 Å². The lowest BCUT2D eigenvalue weighted by molar-refractivity contribution is 0.0747. The van der Waals surface area contributed by atoms with Gasteiger partial charge in [0.25, 0.3) is 0 Å². The van der Waals surface area contributed by atoms with Crippen molar-refractivity contribution in [1.82, 2.24) is 0 Å². The molecule has 28 heavy (non-hydrogen) atoms. The molecular weight excluding hydrogens is 346 g/mol. The van der Waals surface area contributed by atoms with Gasteiger partial charge in [-0.3, -0.25) is 0 Å². The molecule has 3 aromatic carbocycles. The van der Waals surface area contributed by atoms with Gasteiger partial charge in [-0.15, -0.1) is 0 Å². The molecule has 142 valence electrons. The number of benzene rings is 3. The summed E-state index contributed by atoms with van der Waals surface area (Å²) < 4.78 is 12.0. The van der Waals surface area contributed by atoms with Crippen molar-refractivity contribution >= 4 is 0 Å². The molecule has 3 nitrogen and oxygen atoms in total. The van der Waals surface area contributed by atoms with Crippen molar-refractivity contribution in [2.75, 3.05) is 6.61 Å². The van der Waals surface area contributed by atoms with E-state index in [4.69, 9.17) is 14.7 Å². The molecule has 3 aromatic rings. The Morgan fingerprint density at radius 3 is 2.29 bits per heavy atom. The molecule has 0 heterocycles. The second-order valence-electron chi connectivity index (χ2n) is 7.16. The molecule has 0 aliphatic rings. The van der Waals surface area contributed by atoms with E-state index in [1.165, 1.54) is 5.56 Å². The average Bonchev–Trinajstić information content (AvgIpc) is 2.75. The van der Waals surface area contributed by atoms with Crippen LogP contribution in [0.5, 0.6) is 11.5 Å². The Morgan fingerprint density at radius 1 is 0.893 bits per heavy atom. The van der Waals surface area contributed by atoms with Crippen molar-refractivity contribution in [3.63, 3.8) is 0 Å². The molecular formula is C25H25NO2. The van der Waals surface area contributed by atoms with Crippen LogP contribution in [0.15, 0.2) is 78.9 Å². The summed E-state index contributed by atoms with van der Waals surface area (Å²) >= 11 is 0. The first-order valence-corrected chi connectivity index (χ1v) is 9.53. The molecule has 0 bridgehead atoms. The molecule has 0 amide bonds. The molecule has 3 heteroatoms. The number of hydrogen-bond donors (Lipinski definition) is 0. The summed E-state index contributed by atoms with van der Waals surface area (Å²) in [5.41, 5.74) is 2.85. The van der Waals surface area contributed by atoms with E-state index >= 15 is 0 Å². The molecule has 3 rings (SSSR count). The Labute approximate surface area is 167 Å². The van der Waals surface area contributed by atoms with E-state index in [9.17, 15) is 0 Å². The predicted octanol–water partition coefficient (Wildman–Crippen LogP) is 6.24. The van der Waals surface area contributed by atoms with Crippen LogP contribution in [0.1, 0.15) is 37.0 Å². The molecule has 0 aromatic heterocycles. The highest BCUT2D eigenvalue weighted by molar-refractivity contribution is 5.35. The Kier molecular flexibility index (Phi) is 6.47. The van der Waals surface area contributed by atoms with Crippen molar-refractivity contribution in [2.45, 2.75) is 32.3 Å². The van der Waals surface area contributed by atoms with Gasteiger partial charge in [0.2, 0.25) is 0 Å². The lowest BCUT2D eigenvalue weighted by Crippen LogP contribution is -2.27. The fourth-order valence-corrected chi connectivity index (χ4v) is 3.05. The van der Waals surface area contributed by atoms with E-state index < -0.39 is 0 Å². The van der Waals surface area contributed by atoms with Crippen molar-refractivity contribution in [3.8, 4) is 17.6 Å². The minimum absolute atomic E-state index is 0.0911. The summed E-state index contributed by atoms with van der Waals surface area (Å²) in [6.07, 6.45) is 0.954. The average molecular weight is 371 g/mol. The molecule has 0 saturated heterocycles. The van der Waals surface area contributed by atoms with Crippen LogP contribution in [0.25, 0.3) is 0 Å². The Morgan fingerprint density at radius 2 is 1.61 bits per heavy atom. The van der Waals surface area contributed by atoms with Crippen LogP contribution in [0, 0.1) is 11.3 Å². The Bertz CT molecular complexity index is 929. The SMILES string of the molecule is CCC(C)(COCc1cccc(Oc2ccccc2)c1)c1ccc(C#N)cc1. The third-order valence-corrected chi connectivity index (χ3v) is 5.06. The summed E-state index contributed by atoms with van der Waals surface area (Å²) in [6, 6.07) is 27.7. The summed E-state index contributed by atoms with van der Waals surface area (Å²) in [6.45, 7) is 5.50. The number of para-hydroxylation sites is 1. The van der Waals surface area contributed by atoms with Crippen LogP contribution in [0.2, 0.25) is 0 Å². The zero-order chi connectivity index (χ0) is 19.8. The van der Waals surface area contributed by atoms with Crippen LogP contribution < -0.4 is 4.74 Å². The summed E-state index contributed by atoms with van der Waals surface area (Å²) in [4.78, 5) is 0. The lowest BCUT2D eigenvalue weighted by atomic mass is 9.80. The molecule has 0 saturated carbocycles. The van der Waals surface area contributed by atoms with Gasteiger partial charge in [-0.1, -0.05) is 56.3 Å². The molecule has 0 fully saturated rings. The molecule has 0 aliphatic carbocycles. The van der Waals surface area contributed by atoms with Crippen molar-refractivity contribution < 1.29 is 9.47 Å². The quantitative estimate of drug-likeness (QED) is 0.471. The number of nitrogens with zero attached hydrogens (tertiary/aromatic N) is 1. The van der Waals surface area contributed by atoms with Crippen molar-refractivity contribution in [2.24, 2.45) is 0 Å². The second kappa shape index (κ2) is 9.21. The normalized spacial score (nSPS) is 12.8. The molecule has 1 unspecified atom stereocenters. The molecule has 1 atom stereocenters. The minimum Gasteiger partial charge on any atom is -0.457 e. The van der Waals surface area contributed by atoms with Crippen LogP contribution in [0.3, 0.4) is 0 Å². The van der Waals surface area contributed by atoms with E-state index in [0.29, 0.717) is 18.8 Å². The summed E-state index contributed by atoms with van der Waals surface area (Å²) in [7, 11) is 0. The number of rotatable bonds is 8. The van der Waals surface area contributed by atoms with Crippen LogP contribution in [0.4, 0.5) is 0 Å². The van der Waals surface area contributed by atoms with Gasteiger partial charge in [0.15, 0.2) is 0 Å². The van der Waals surface area contributed by atoms with E-state index in [1.807, 2.05) is 78.9 Å². The molecule has 0 spiro atoms. The lowest BCUT2D eigenvalue weighted by Gasteiger charge is -2.28. The van der Waals surface area contributed by atoms with E-state index in [1.54, 1.807) is 0 Å². The summed E-state index contributed by atoms with van der Waals surface area (Å²) in [5, 5.41) is 8.99. The summed E-state index contributed by atoms with van der Waals surface area (Å²) in [5.74, 6) is 1.62. The van der Waals surface area contributed by atoms with Gasteiger partial charge in [0.1, 0.15) is 11.5 Å². The predicted molar refractivity (Wildman–Crippen MR) is 111 cm³/mol. The largest absolute Gasteiger partial charge is 0.457 e. The monoisotopic (exact) mass is 371 g/mol. The highest BCUT2D eigenvalue weighted by Crippen LogP contribution is 2.29. The zero-order valence-electron chi connectivity index (χ0n) is 16.4. The van der Waals surface area contributed by atoms with Crippen molar-refractivity contribution in [3.05, 3.63) is 95.6 Å². The number of nitriles is 1. The maximum Gasteiger partial charge on any atom is 0.127 e. The third-order valence-electron chi connectivity index (χ3n) is 5.06.